The standard InChI is InChI=1S/C12H23N.C9H17NO4S/c1-3-7-11(8-4-1)13-12-9-5-2-6-10-12;1-6(3-4-11)15-5-8(9(13)14)10-7(2)12/h11-13H,1-10H2;6,8,11H,3-5H2,1-2H3,(H,10,12)(H,13,14)/t;6?,8-/m.0/s1/i;2D3. The molecule has 28 heavy (non-hydrogen) atoms. The molecule has 2 aliphatic rings. The van der Waals surface area contributed by atoms with Crippen LogP contribution in [0.5, 0.6) is 0 Å². The number of aliphatic hydroxyl groups is 1. The van der Waals surface area contributed by atoms with Crippen LogP contribution in [0, 0.1) is 0 Å². The maximum Gasteiger partial charge on any atom is 0.327 e. The smallest absolute Gasteiger partial charge is 0.327 e. The number of carbonyl (C=O) groups excluding carboxylic acids is 1. The lowest BCUT2D eigenvalue weighted by Gasteiger charge is -2.30. The number of thioether (sulfide) groups is 1. The van der Waals surface area contributed by atoms with Gasteiger partial charge < -0.3 is 20.8 Å². The van der Waals surface area contributed by atoms with Crippen LogP contribution in [0.1, 0.15) is 88.5 Å². The van der Waals surface area contributed by atoms with Gasteiger partial charge in [-0.1, -0.05) is 45.4 Å². The number of aliphatic hydroxyl groups excluding tert-OH is 1. The lowest BCUT2D eigenvalue weighted by atomic mass is 9.91. The lowest BCUT2D eigenvalue weighted by molar-refractivity contribution is -0.140. The van der Waals surface area contributed by atoms with Gasteiger partial charge in [0.25, 0.3) is 0 Å². The van der Waals surface area contributed by atoms with Crippen LogP contribution < -0.4 is 10.6 Å². The molecule has 2 aliphatic carbocycles. The summed E-state index contributed by atoms with van der Waals surface area (Å²) in [6, 6.07) is 0.498. The summed E-state index contributed by atoms with van der Waals surface area (Å²) >= 11 is 1.25. The van der Waals surface area contributed by atoms with Crippen molar-refractivity contribution in [1.29, 1.82) is 0 Å². The summed E-state index contributed by atoms with van der Waals surface area (Å²) in [5.41, 5.74) is 0. The van der Waals surface area contributed by atoms with Gasteiger partial charge in [-0.05, 0) is 32.1 Å². The highest BCUT2D eigenvalue weighted by Gasteiger charge is 2.20. The molecule has 2 saturated carbocycles. The summed E-state index contributed by atoms with van der Waals surface area (Å²) < 4.78 is 20.5. The molecule has 0 aromatic rings. The molecular weight excluding hydrogens is 376 g/mol. The maximum atomic E-state index is 11.2. The van der Waals surface area contributed by atoms with Crippen LogP contribution in [0.3, 0.4) is 0 Å². The van der Waals surface area contributed by atoms with Gasteiger partial charge in [-0.15, -0.1) is 0 Å². The largest absolute Gasteiger partial charge is 0.480 e. The van der Waals surface area contributed by atoms with Crippen molar-refractivity contribution < 1.29 is 23.9 Å². The van der Waals surface area contributed by atoms with E-state index in [1.165, 1.54) is 76.0 Å². The topological polar surface area (TPSA) is 98.7 Å². The van der Waals surface area contributed by atoms with Gasteiger partial charge in [0, 0.05) is 40.7 Å². The second-order valence-electron chi connectivity index (χ2n) is 7.86. The molecule has 7 heteroatoms. The average molecular weight is 420 g/mol. The number of rotatable bonds is 9. The maximum absolute atomic E-state index is 11.2. The molecule has 4 N–H and O–H groups in total. The second kappa shape index (κ2) is 15.1. The Morgan fingerprint density at radius 3 is 2.04 bits per heavy atom. The van der Waals surface area contributed by atoms with Crippen molar-refractivity contribution in [2.75, 3.05) is 12.4 Å². The number of carbonyl (C=O) groups is 2. The van der Waals surface area contributed by atoms with Gasteiger partial charge in [-0.3, -0.25) is 4.79 Å². The molecule has 0 bridgehead atoms. The Morgan fingerprint density at radius 1 is 1.07 bits per heavy atom. The number of hydrogen-bond donors (Lipinski definition) is 4. The number of amides is 1. The molecule has 0 aliphatic heterocycles. The van der Waals surface area contributed by atoms with Crippen LogP contribution in [0.25, 0.3) is 0 Å². The predicted molar refractivity (Wildman–Crippen MR) is 116 cm³/mol. The van der Waals surface area contributed by atoms with Crippen molar-refractivity contribution in [3.63, 3.8) is 0 Å². The zero-order valence-electron chi connectivity index (χ0n) is 20.1. The first-order valence-corrected chi connectivity index (χ1v) is 11.7. The molecule has 1 unspecified atom stereocenters. The quantitative estimate of drug-likeness (QED) is 0.458. The van der Waals surface area contributed by atoms with Crippen LogP contribution >= 0.6 is 11.8 Å². The van der Waals surface area contributed by atoms with Crippen LogP contribution in [0.15, 0.2) is 0 Å². The molecule has 0 heterocycles. The summed E-state index contributed by atoms with van der Waals surface area (Å²) in [7, 11) is 0. The molecule has 0 spiro atoms. The van der Waals surface area contributed by atoms with E-state index in [2.05, 4.69) is 5.32 Å². The van der Waals surface area contributed by atoms with Crippen molar-refractivity contribution in [2.45, 2.75) is 108 Å². The number of hydrogen-bond acceptors (Lipinski definition) is 5. The van der Waals surface area contributed by atoms with Crippen molar-refractivity contribution in [3.8, 4) is 0 Å². The molecule has 0 radical (unpaired) electrons. The van der Waals surface area contributed by atoms with Crippen molar-refractivity contribution in [1.82, 2.24) is 10.6 Å². The fourth-order valence-electron chi connectivity index (χ4n) is 3.73. The first-order valence-electron chi connectivity index (χ1n) is 12.2. The zero-order valence-corrected chi connectivity index (χ0v) is 17.9. The number of carboxylic acid groups (broad SMARTS) is 1. The van der Waals surface area contributed by atoms with Crippen LogP contribution in [-0.2, 0) is 9.59 Å². The Hall–Kier alpha value is -0.790. The predicted octanol–water partition coefficient (Wildman–Crippen LogP) is 3.32. The van der Waals surface area contributed by atoms with Gasteiger partial charge in [0.15, 0.2) is 0 Å². The highest BCUT2D eigenvalue weighted by molar-refractivity contribution is 7.99. The van der Waals surface area contributed by atoms with Crippen LogP contribution in [0.2, 0.25) is 0 Å². The van der Waals surface area contributed by atoms with Crippen molar-refractivity contribution in [3.05, 3.63) is 0 Å². The highest BCUT2D eigenvalue weighted by atomic mass is 32.2. The summed E-state index contributed by atoms with van der Waals surface area (Å²) in [5, 5.41) is 23.4. The van der Waals surface area contributed by atoms with E-state index in [4.69, 9.17) is 14.3 Å². The monoisotopic (exact) mass is 419 g/mol. The Bertz CT molecular complexity index is 509. The molecular formula is C21H40N2O4S. The van der Waals surface area contributed by atoms with Crippen molar-refractivity contribution >= 4 is 23.6 Å². The fraction of sp³-hybridized carbons (Fsp3) is 0.905. The number of carboxylic acids is 1. The molecule has 0 aromatic heterocycles. The van der Waals surface area contributed by atoms with E-state index in [0.717, 1.165) is 12.1 Å². The molecule has 164 valence electrons. The van der Waals surface area contributed by atoms with Gasteiger partial charge in [-0.2, -0.15) is 11.8 Å². The van der Waals surface area contributed by atoms with Gasteiger partial charge in [0.1, 0.15) is 6.04 Å². The Morgan fingerprint density at radius 2 is 1.61 bits per heavy atom. The van der Waals surface area contributed by atoms with Gasteiger partial charge in [-0.25, -0.2) is 4.79 Å². The number of aliphatic carboxylic acids is 1. The molecule has 0 aromatic carbocycles. The third-order valence-electron chi connectivity index (χ3n) is 5.37. The molecule has 6 nitrogen and oxygen atoms in total. The average Bonchev–Trinajstić information content (AvgIpc) is 2.72. The van der Waals surface area contributed by atoms with E-state index in [0.29, 0.717) is 6.42 Å². The van der Waals surface area contributed by atoms with E-state index < -0.39 is 24.8 Å². The van der Waals surface area contributed by atoms with E-state index in [9.17, 15) is 9.59 Å². The first kappa shape index (κ1) is 20.5. The normalized spacial score (nSPS) is 22.6. The molecule has 1 amide bonds. The minimum atomic E-state index is -2.85. The lowest BCUT2D eigenvalue weighted by Crippen LogP contribution is -2.41. The van der Waals surface area contributed by atoms with E-state index in [1.807, 2.05) is 12.2 Å². The third kappa shape index (κ3) is 11.9. The van der Waals surface area contributed by atoms with E-state index >= 15 is 0 Å². The minimum Gasteiger partial charge on any atom is -0.480 e. The Labute approximate surface area is 178 Å². The third-order valence-corrected chi connectivity index (χ3v) is 6.70. The molecule has 2 atom stereocenters. The van der Waals surface area contributed by atoms with Gasteiger partial charge in [0.2, 0.25) is 5.91 Å². The zero-order chi connectivity index (χ0) is 23.3. The summed E-state index contributed by atoms with van der Waals surface area (Å²) in [5.74, 6) is -2.50. The SMILES string of the molecule is C1CCC(NC2CCCCC2)CC1.[2H]C([2H])([2H])C(=O)N[C@@H](CSC(C)CCO)C(=O)O. The highest BCUT2D eigenvalue weighted by Crippen LogP contribution is 2.22. The van der Waals surface area contributed by atoms with Crippen LogP contribution in [-0.4, -0.2) is 57.8 Å². The Balaban J connectivity index is 0.000000323. The summed E-state index contributed by atoms with van der Waals surface area (Å²) in [6.45, 7) is -1.05. The van der Waals surface area contributed by atoms with Gasteiger partial charge >= 0.3 is 5.97 Å². The summed E-state index contributed by atoms with van der Waals surface area (Å²) in [6.07, 6.45) is 15.1. The first-order chi connectivity index (χ1) is 14.6. The molecule has 2 rings (SSSR count). The second-order valence-corrected chi connectivity index (χ2v) is 9.33. The summed E-state index contributed by atoms with van der Waals surface area (Å²) in [4.78, 5) is 22.0. The van der Waals surface area contributed by atoms with Gasteiger partial charge in [0.05, 0.1) is 0 Å². The number of nitrogens with one attached hydrogen (secondary N) is 2. The Kier molecular flexibility index (Phi) is 11.0. The van der Waals surface area contributed by atoms with Crippen LogP contribution in [0.4, 0.5) is 0 Å². The minimum absolute atomic E-state index is 0.00641. The fourth-order valence-corrected chi connectivity index (χ4v) is 4.75. The molecule has 0 saturated heterocycles. The van der Waals surface area contributed by atoms with E-state index in [-0.39, 0.29) is 17.6 Å². The van der Waals surface area contributed by atoms with E-state index in [1.54, 1.807) is 0 Å². The molecule has 2 fully saturated rings. The van der Waals surface area contributed by atoms with Crippen molar-refractivity contribution in [2.24, 2.45) is 0 Å².